The van der Waals surface area contributed by atoms with Crippen molar-refractivity contribution in [1.29, 1.82) is 0 Å². The molecule has 3 heteroatoms. The summed E-state index contributed by atoms with van der Waals surface area (Å²) in [5.41, 5.74) is 6.47. The fourth-order valence-electron chi connectivity index (χ4n) is 1.59. The zero-order chi connectivity index (χ0) is 11.8. The molecule has 0 aliphatic heterocycles. The molecular weight excluding hydrogens is 200 g/mol. The lowest BCUT2D eigenvalue weighted by atomic mass is 9.93. The number of carbonyl (C=O) groups excluding carboxylic acids is 1. The summed E-state index contributed by atoms with van der Waals surface area (Å²) in [6.07, 6.45) is 1.73. The van der Waals surface area contributed by atoms with Crippen LogP contribution in [0.5, 0.6) is 0 Å². The van der Waals surface area contributed by atoms with Crippen molar-refractivity contribution >= 4 is 16.7 Å². The van der Waals surface area contributed by atoms with Crippen LogP contribution >= 0.6 is 0 Å². The van der Waals surface area contributed by atoms with Gasteiger partial charge in [-0.25, -0.2) is 0 Å². The molecule has 0 atom stereocenters. The summed E-state index contributed by atoms with van der Waals surface area (Å²) in [7, 11) is 0. The summed E-state index contributed by atoms with van der Waals surface area (Å²) >= 11 is 0. The number of rotatable bonds is 2. The molecule has 2 aromatic rings. The fraction of sp³-hybridized carbons (Fsp3) is 0.231. The summed E-state index contributed by atoms with van der Waals surface area (Å²) in [6, 6.07) is 9.23. The Morgan fingerprint density at radius 1 is 1.31 bits per heavy atom. The van der Waals surface area contributed by atoms with Crippen LogP contribution in [0.3, 0.4) is 0 Å². The molecule has 0 radical (unpaired) electrons. The zero-order valence-electron chi connectivity index (χ0n) is 9.40. The van der Waals surface area contributed by atoms with Gasteiger partial charge in [-0.3, -0.25) is 9.78 Å². The number of Topliss-reactive ketones (excluding diaryl/α,β-unsaturated/α-hetero) is 1. The number of aromatic nitrogens is 1. The van der Waals surface area contributed by atoms with E-state index in [1.165, 1.54) is 0 Å². The standard InChI is InChI=1S/C13H14N2O/c1-13(2,14)12(16)10-5-6-11-9(8-10)4-3-7-15-11/h3-8H,14H2,1-2H3. The zero-order valence-corrected chi connectivity index (χ0v) is 9.40. The van der Waals surface area contributed by atoms with Gasteiger partial charge in [0.05, 0.1) is 11.1 Å². The Bertz CT molecular complexity index is 541. The maximum atomic E-state index is 12.0. The van der Waals surface area contributed by atoms with Crippen LogP contribution in [0.15, 0.2) is 36.5 Å². The van der Waals surface area contributed by atoms with Gasteiger partial charge in [-0.15, -0.1) is 0 Å². The molecule has 0 aliphatic carbocycles. The van der Waals surface area contributed by atoms with Crippen LogP contribution in [0, 0.1) is 0 Å². The molecule has 16 heavy (non-hydrogen) atoms. The number of hydrogen-bond donors (Lipinski definition) is 1. The molecule has 0 aliphatic rings. The average Bonchev–Trinajstić information content (AvgIpc) is 2.26. The number of fused-ring (bicyclic) bond motifs is 1. The van der Waals surface area contributed by atoms with Crippen molar-refractivity contribution in [3.05, 3.63) is 42.1 Å². The van der Waals surface area contributed by atoms with Crippen molar-refractivity contribution in [3.8, 4) is 0 Å². The van der Waals surface area contributed by atoms with Crippen molar-refractivity contribution in [2.24, 2.45) is 5.73 Å². The molecule has 2 N–H and O–H groups in total. The van der Waals surface area contributed by atoms with Crippen LogP contribution < -0.4 is 5.73 Å². The van der Waals surface area contributed by atoms with E-state index in [0.717, 1.165) is 10.9 Å². The molecule has 0 amide bonds. The summed E-state index contributed by atoms with van der Waals surface area (Å²) in [5, 5.41) is 0.956. The predicted octanol–water partition coefficient (Wildman–Crippen LogP) is 2.15. The van der Waals surface area contributed by atoms with E-state index < -0.39 is 5.54 Å². The first-order valence-corrected chi connectivity index (χ1v) is 5.17. The van der Waals surface area contributed by atoms with Crippen molar-refractivity contribution < 1.29 is 4.79 Å². The van der Waals surface area contributed by atoms with Gasteiger partial charge in [-0.1, -0.05) is 6.07 Å². The monoisotopic (exact) mass is 214 g/mol. The normalized spacial score (nSPS) is 11.7. The van der Waals surface area contributed by atoms with Crippen LogP contribution in [0.4, 0.5) is 0 Å². The summed E-state index contributed by atoms with van der Waals surface area (Å²) in [4.78, 5) is 16.2. The maximum Gasteiger partial charge on any atom is 0.182 e. The van der Waals surface area contributed by atoms with Crippen molar-refractivity contribution in [3.63, 3.8) is 0 Å². The highest BCUT2D eigenvalue weighted by atomic mass is 16.1. The second-order valence-electron chi connectivity index (χ2n) is 4.46. The molecule has 0 spiro atoms. The van der Waals surface area contributed by atoms with Gasteiger partial charge in [-0.05, 0) is 38.1 Å². The number of nitrogens with two attached hydrogens (primary N) is 1. The molecule has 1 aromatic carbocycles. The lowest BCUT2D eigenvalue weighted by molar-refractivity contribution is 0.0913. The van der Waals surface area contributed by atoms with Crippen LogP contribution in [-0.4, -0.2) is 16.3 Å². The third kappa shape index (κ3) is 1.95. The van der Waals surface area contributed by atoms with Crippen LogP contribution in [0.1, 0.15) is 24.2 Å². The molecule has 1 aromatic heterocycles. The topological polar surface area (TPSA) is 56.0 Å². The highest BCUT2D eigenvalue weighted by Crippen LogP contribution is 2.16. The smallest absolute Gasteiger partial charge is 0.182 e. The van der Waals surface area contributed by atoms with Crippen LogP contribution in [0.25, 0.3) is 10.9 Å². The first-order chi connectivity index (χ1) is 7.48. The highest BCUT2D eigenvalue weighted by molar-refractivity contribution is 6.04. The average molecular weight is 214 g/mol. The largest absolute Gasteiger partial charge is 0.319 e. The predicted molar refractivity (Wildman–Crippen MR) is 64.3 cm³/mol. The molecule has 82 valence electrons. The molecule has 2 rings (SSSR count). The number of hydrogen-bond acceptors (Lipinski definition) is 3. The minimum Gasteiger partial charge on any atom is -0.319 e. The van der Waals surface area contributed by atoms with Crippen molar-refractivity contribution in [2.45, 2.75) is 19.4 Å². The minimum absolute atomic E-state index is 0.0572. The van der Waals surface area contributed by atoms with Crippen LogP contribution in [-0.2, 0) is 0 Å². The third-order valence-electron chi connectivity index (χ3n) is 2.45. The fourth-order valence-corrected chi connectivity index (χ4v) is 1.59. The number of benzene rings is 1. The quantitative estimate of drug-likeness (QED) is 0.779. The summed E-state index contributed by atoms with van der Waals surface area (Å²) in [6.45, 7) is 3.42. The summed E-state index contributed by atoms with van der Waals surface area (Å²) < 4.78 is 0. The van der Waals surface area contributed by atoms with Crippen molar-refractivity contribution in [1.82, 2.24) is 4.98 Å². The molecular formula is C13H14N2O. The Morgan fingerprint density at radius 3 is 2.75 bits per heavy atom. The molecule has 3 nitrogen and oxygen atoms in total. The Morgan fingerprint density at radius 2 is 2.06 bits per heavy atom. The molecule has 0 saturated carbocycles. The van der Waals surface area contributed by atoms with Gasteiger partial charge in [0.15, 0.2) is 5.78 Å². The lowest BCUT2D eigenvalue weighted by Crippen LogP contribution is -2.41. The molecule has 0 saturated heterocycles. The second-order valence-corrected chi connectivity index (χ2v) is 4.46. The third-order valence-corrected chi connectivity index (χ3v) is 2.45. The van der Waals surface area contributed by atoms with E-state index >= 15 is 0 Å². The summed E-state index contributed by atoms with van der Waals surface area (Å²) in [5.74, 6) is -0.0572. The maximum absolute atomic E-state index is 12.0. The highest BCUT2D eigenvalue weighted by Gasteiger charge is 2.23. The van der Waals surface area contributed by atoms with Crippen LogP contribution in [0.2, 0.25) is 0 Å². The Labute approximate surface area is 94.3 Å². The SMILES string of the molecule is CC(C)(N)C(=O)c1ccc2ncccc2c1. The van der Waals surface area contributed by atoms with Gasteiger partial charge in [0.25, 0.3) is 0 Å². The Balaban J connectivity index is 2.52. The van der Waals surface area contributed by atoms with Gasteiger partial charge >= 0.3 is 0 Å². The Hall–Kier alpha value is -1.74. The van der Waals surface area contributed by atoms with Gasteiger partial charge in [0.1, 0.15) is 0 Å². The van der Waals surface area contributed by atoms with E-state index in [2.05, 4.69) is 4.98 Å². The van der Waals surface area contributed by atoms with Gasteiger partial charge in [0.2, 0.25) is 0 Å². The number of pyridine rings is 1. The van der Waals surface area contributed by atoms with E-state index in [1.54, 1.807) is 26.1 Å². The van der Waals surface area contributed by atoms with E-state index in [4.69, 9.17) is 5.73 Å². The first kappa shape index (κ1) is 10.8. The molecule has 0 fully saturated rings. The van der Waals surface area contributed by atoms with E-state index in [9.17, 15) is 4.79 Å². The lowest BCUT2D eigenvalue weighted by Gasteiger charge is -2.16. The van der Waals surface area contributed by atoms with E-state index in [0.29, 0.717) is 5.56 Å². The molecule has 0 bridgehead atoms. The Kier molecular flexibility index (Phi) is 2.48. The van der Waals surface area contributed by atoms with E-state index in [-0.39, 0.29) is 5.78 Å². The van der Waals surface area contributed by atoms with Gasteiger partial charge in [-0.2, -0.15) is 0 Å². The van der Waals surface area contributed by atoms with Gasteiger partial charge in [0, 0.05) is 17.1 Å². The number of ketones is 1. The number of nitrogens with zero attached hydrogens (tertiary/aromatic N) is 1. The first-order valence-electron chi connectivity index (χ1n) is 5.17. The second kappa shape index (κ2) is 3.68. The van der Waals surface area contributed by atoms with Gasteiger partial charge < -0.3 is 5.73 Å². The number of carbonyl (C=O) groups is 1. The molecule has 0 unspecified atom stereocenters. The minimum atomic E-state index is -0.837. The van der Waals surface area contributed by atoms with E-state index in [1.807, 2.05) is 24.3 Å². The van der Waals surface area contributed by atoms with Crippen molar-refractivity contribution in [2.75, 3.05) is 0 Å². The molecule has 1 heterocycles.